The second-order valence-corrected chi connectivity index (χ2v) is 19.8. The number of aliphatic hydroxyl groups is 3. The van der Waals surface area contributed by atoms with Gasteiger partial charge in [0.15, 0.2) is 5.78 Å². The number of carbonyl (C=O) groups excluding carboxylic acids is 5. The summed E-state index contributed by atoms with van der Waals surface area (Å²) in [4.78, 5) is 71.7. The van der Waals surface area contributed by atoms with E-state index in [0.29, 0.717) is 63.4 Å². The lowest BCUT2D eigenvalue weighted by Gasteiger charge is -2.42. The number of hydrogen-bond acceptors (Lipinski definition) is 12. The van der Waals surface area contributed by atoms with E-state index in [1.165, 1.54) is 12.0 Å². The molecule has 3 fully saturated rings. The Morgan fingerprint density at radius 2 is 1.56 bits per heavy atom. The lowest BCUT2D eigenvalue weighted by molar-refractivity contribution is -0.264. The smallest absolute Gasteiger partial charge is 0.329 e. The number of carbonyl (C=O) groups is 5. The fourth-order valence-electron chi connectivity index (χ4n) is 10.0. The minimum atomic E-state index is -2.37. The third-order valence-electron chi connectivity index (χ3n) is 14.6. The van der Waals surface area contributed by atoms with E-state index >= 15 is 0 Å². The maximum atomic E-state index is 14.3. The Morgan fingerprint density at radius 3 is 2.25 bits per heavy atom. The molecular weight excluding hydrogens is 819 g/mol. The Balaban J connectivity index is 1.69. The van der Waals surface area contributed by atoms with E-state index in [9.17, 15) is 39.3 Å². The summed E-state index contributed by atoms with van der Waals surface area (Å²) in [5.74, 6) is -7.66. The number of allylic oxidation sites excluding steroid dienone is 7. The number of methoxy groups -OCH3 is 2. The van der Waals surface area contributed by atoms with Crippen LogP contribution in [0.4, 0.5) is 0 Å². The number of fused-ring (bicyclic) bond motifs is 3. The minimum absolute atomic E-state index is 0.0315. The number of ether oxygens (including phenoxy) is 4. The van der Waals surface area contributed by atoms with Gasteiger partial charge in [0.25, 0.3) is 11.7 Å². The molecule has 2 bridgehead atoms. The number of amides is 1. The fraction of sp³-hybridized carbons (Fsp3) is 0.745. The molecule has 15 atom stereocenters. The molecule has 0 aromatic carbocycles. The first-order valence-electron chi connectivity index (χ1n) is 23.9. The second kappa shape index (κ2) is 24.4. The Hall–Kier alpha value is -3.33. The first-order chi connectivity index (χ1) is 30.2. The molecule has 0 radical (unpaired) electrons. The lowest BCUT2D eigenvalue weighted by Crippen LogP contribution is -2.60. The molecule has 0 aromatic heterocycles. The first-order valence-corrected chi connectivity index (χ1v) is 23.9. The van der Waals surface area contributed by atoms with Crippen LogP contribution < -0.4 is 0 Å². The molecular formula is C51H79NO12. The third kappa shape index (κ3) is 13.9. The summed E-state index contributed by atoms with van der Waals surface area (Å²) in [7, 11) is 2.95. The molecule has 360 valence electrons. The number of aliphatic hydroxyl groups excluding tert-OH is 2. The van der Waals surface area contributed by atoms with Crippen molar-refractivity contribution in [3.63, 3.8) is 0 Å². The molecule has 13 nitrogen and oxygen atoms in total. The van der Waals surface area contributed by atoms with Crippen molar-refractivity contribution < 1.29 is 58.2 Å². The summed E-state index contributed by atoms with van der Waals surface area (Å²) in [5.41, 5.74) is 1.46. The van der Waals surface area contributed by atoms with Crippen LogP contribution in [0.3, 0.4) is 0 Å². The Labute approximate surface area is 382 Å². The van der Waals surface area contributed by atoms with Crippen molar-refractivity contribution in [2.24, 2.45) is 41.4 Å². The average Bonchev–Trinajstić information content (AvgIpc) is 3.26. The lowest BCUT2D eigenvalue weighted by atomic mass is 9.78. The van der Waals surface area contributed by atoms with Crippen molar-refractivity contribution in [2.75, 3.05) is 20.8 Å². The molecule has 1 saturated carbocycles. The highest BCUT2D eigenvalue weighted by Crippen LogP contribution is 2.38. The van der Waals surface area contributed by atoms with Gasteiger partial charge in [0.2, 0.25) is 5.79 Å². The second-order valence-electron chi connectivity index (χ2n) is 19.8. The van der Waals surface area contributed by atoms with Crippen LogP contribution in [-0.4, -0.2) is 119 Å². The van der Waals surface area contributed by atoms with Crippen molar-refractivity contribution in [1.29, 1.82) is 0 Å². The Morgan fingerprint density at radius 1 is 0.844 bits per heavy atom. The summed E-state index contributed by atoms with van der Waals surface area (Å²) in [6, 6.07) is -1.12. The van der Waals surface area contributed by atoms with Gasteiger partial charge < -0.3 is 39.2 Å². The van der Waals surface area contributed by atoms with E-state index in [2.05, 4.69) is 0 Å². The Kier molecular flexibility index (Phi) is 20.4. The van der Waals surface area contributed by atoms with E-state index in [1.807, 2.05) is 65.0 Å². The zero-order chi connectivity index (χ0) is 47.5. The predicted molar refractivity (Wildman–Crippen MR) is 244 cm³/mol. The number of nitrogens with zero attached hydrogens (tertiary/aromatic N) is 1. The number of Topliss-reactive ketones (excluding diaryl/α,β-unsaturated/α-hetero) is 3. The highest BCUT2D eigenvalue weighted by atomic mass is 16.6. The minimum Gasteiger partial charge on any atom is -0.460 e. The molecule has 2 saturated heterocycles. The van der Waals surface area contributed by atoms with Gasteiger partial charge in [0, 0.05) is 44.9 Å². The number of hydrogen-bond donors (Lipinski definition) is 3. The van der Waals surface area contributed by atoms with Crippen LogP contribution in [0.5, 0.6) is 0 Å². The largest absolute Gasteiger partial charge is 0.460 e. The van der Waals surface area contributed by atoms with Gasteiger partial charge in [-0.2, -0.15) is 0 Å². The van der Waals surface area contributed by atoms with E-state index in [-0.39, 0.29) is 60.7 Å². The quantitative estimate of drug-likeness (QED) is 0.149. The topological polar surface area (TPSA) is 186 Å². The van der Waals surface area contributed by atoms with Crippen LogP contribution >= 0.6 is 0 Å². The van der Waals surface area contributed by atoms with Gasteiger partial charge in [0.05, 0.1) is 18.3 Å². The van der Waals surface area contributed by atoms with Crippen LogP contribution in [0.2, 0.25) is 0 Å². The normalized spacial score (nSPS) is 40.9. The first kappa shape index (κ1) is 53.3. The standard InChI is InChI=1S/C51H79NO12/c1-30-16-12-11-13-17-31(2)32(3)27-39-21-19-37(8)51(60,64-39)48(57)49(58)52-23-15-14-18-40(52)50(59)63-43(34(5)26-38-20-22-41(53)44(28-38)61-9)29-42(54)33(4)25-36(7)46(56)47(62-10)45(55)35(6)24-30/h11-13,16-17,25,30,32-35,37-41,43-44,46-47,53,56,60H,14-15,18-24,26-29H2,1-10H3/b13-11+,16-12+,31-17+,36-25+/t30-,32?,33-,34-,35-,37-,38?,39+,40+,41-,43+,44-,46-,47+,51-/m1/s1. The maximum Gasteiger partial charge on any atom is 0.329 e. The number of cyclic esters (lactones) is 1. The molecule has 3 heterocycles. The van der Waals surface area contributed by atoms with E-state index in [4.69, 9.17) is 18.9 Å². The van der Waals surface area contributed by atoms with Crippen LogP contribution in [-0.2, 0) is 42.9 Å². The summed E-state index contributed by atoms with van der Waals surface area (Å²) in [5, 5.41) is 33.8. The zero-order valence-electron chi connectivity index (χ0n) is 40.2. The number of esters is 1. The molecule has 2 unspecified atom stereocenters. The van der Waals surface area contributed by atoms with Gasteiger partial charge in [-0.05, 0) is 114 Å². The van der Waals surface area contributed by atoms with Crippen molar-refractivity contribution in [3.05, 3.63) is 47.6 Å². The number of piperidine rings is 1. The molecule has 64 heavy (non-hydrogen) atoms. The number of rotatable bonds is 5. The van der Waals surface area contributed by atoms with Gasteiger partial charge in [-0.25, -0.2) is 4.79 Å². The molecule has 13 heteroatoms. The number of ketones is 3. The van der Waals surface area contributed by atoms with Crippen LogP contribution in [0.25, 0.3) is 0 Å². The Bertz CT molecular complexity index is 1740. The summed E-state index contributed by atoms with van der Waals surface area (Å²) in [6.45, 7) is 15.0. The van der Waals surface area contributed by atoms with Gasteiger partial charge in [0.1, 0.15) is 30.1 Å². The molecule has 1 aliphatic carbocycles. The van der Waals surface area contributed by atoms with E-state index < -0.39 is 77.8 Å². The van der Waals surface area contributed by atoms with Gasteiger partial charge >= 0.3 is 5.97 Å². The summed E-state index contributed by atoms with van der Waals surface area (Å²) >= 11 is 0. The summed E-state index contributed by atoms with van der Waals surface area (Å²) < 4.78 is 23.6. The molecule has 3 N–H and O–H groups in total. The predicted octanol–water partition coefficient (Wildman–Crippen LogP) is 6.80. The molecule has 4 aliphatic rings. The molecule has 3 aliphatic heterocycles. The van der Waals surface area contributed by atoms with Crippen molar-refractivity contribution in [1.82, 2.24) is 4.90 Å². The fourth-order valence-corrected chi connectivity index (χ4v) is 10.0. The molecule has 4 rings (SSSR count). The summed E-state index contributed by atoms with van der Waals surface area (Å²) in [6.07, 6.45) is 12.5. The highest BCUT2D eigenvalue weighted by Gasteiger charge is 2.53. The zero-order valence-corrected chi connectivity index (χ0v) is 40.2. The van der Waals surface area contributed by atoms with E-state index in [1.54, 1.807) is 34.0 Å². The van der Waals surface area contributed by atoms with Gasteiger partial charge in [-0.3, -0.25) is 19.2 Å². The molecule has 1 amide bonds. The van der Waals surface area contributed by atoms with Crippen LogP contribution in [0.15, 0.2) is 47.6 Å². The van der Waals surface area contributed by atoms with Crippen molar-refractivity contribution >= 4 is 29.2 Å². The van der Waals surface area contributed by atoms with Crippen LogP contribution in [0, 0.1) is 41.4 Å². The van der Waals surface area contributed by atoms with Gasteiger partial charge in [-0.15, -0.1) is 0 Å². The van der Waals surface area contributed by atoms with Crippen molar-refractivity contribution in [2.45, 2.75) is 181 Å². The molecule has 0 spiro atoms. The van der Waals surface area contributed by atoms with Crippen LogP contribution in [0.1, 0.15) is 132 Å². The third-order valence-corrected chi connectivity index (χ3v) is 14.6. The maximum absolute atomic E-state index is 14.3. The van der Waals surface area contributed by atoms with Crippen molar-refractivity contribution in [3.8, 4) is 0 Å². The van der Waals surface area contributed by atoms with Gasteiger partial charge in [-0.1, -0.05) is 83.6 Å². The monoisotopic (exact) mass is 898 g/mol. The highest BCUT2D eigenvalue weighted by molar-refractivity contribution is 6.39. The average molecular weight is 898 g/mol. The van der Waals surface area contributed by atoms with E-state index in [0.717, 1.165) is 12.0 Å². The SMILES string of the molecule is CO[C@@H]1CC(C[C@@H](C)[C@@H]2CC(=O)[C@H](C)/C=C(\C)[C@@H](O)[C@@H](OC)C(=O)[C@H](C)C[C@H](C)/C=C/C=C/C=C(\C)C(C)C[C@@H]3CC[C@@H](C)[C@@](O)(O3)C(=O)C(=O)N3CCCC[C@H]3C(=O)O2)CC[C@H]1O. The molecule has 0 aromatic rings.